The zero-order valence-corrected chi connectivity index (χ0v) is 10.2. The molecule has 4 heteroatoms. The normalized spacial score (nSPS) is 26.3. The van der Waals surface area contributed by atoms with Crippen LogP contribution in [0, 0.1) is 5.92 Å². The van der Waals surface area contributed by atoms with Crippen LogP contribution in [0.15, 0.2) is 0 Å². The second-order valence-electron chi connectivity index (χ2n) is 5.41. The number of carboxylic acid groups (broad SMARTS) is 1. The summed E-state index contributed by atoms with van der Waals surface area (Å²) in [6.07, 6.45) is 0. The fourth-order valence-corrected chi connectivity index (χ4v) is 1.94. The third-order valence-corrected chi connectivity index (χ3v) is 3.02. The van der Waals surface area contributed by atoms with Gasteiger partial charge in [0.2, 0.25) is 0 Å². The van der Waals surface area contributed by atoms with Crippen LogP contribution in [0.25, 0.3) is 0 Å². The van der Waals surface area contributed by atoms with Crippen LogP contribution in [-0.4, -0.2) is 59.6 Å². The van der Waals surface area contributed by atoms with Crippen molar-refractivity contribution in [3.63, 3.8) is 0 Å². The molecule has 1 aliphatic rings. The number of carbonyl (C=O) groups is 1. The summed E-state index contributed by atoms with van der Waals surface area (Å²) in [5, 5.41) is 9.11. The van der Waals surface area contributed by atoms with Gasteiger partial charge in [-0.05, 0) is 27.8 Å². The fourth-order valence-electron chi connectivity index (χ4n) is 1.94. The lowest BCUT2D eigenvalue weighted by Crippen LogP contribution is -2.45. The first-order chi connectivity index (χ1) is 6.80. The van der Waals surface area contributed by atoms with Crippen molar-refractivity contribution in [1.29, 1.82) is 0 Å². The van der Waals surface area contributed by atoms with Gasteiger partial charge in [0.25, 0.3) is 0 Å². The Morgan fingerprint density at radius 2 is 1.87 bits per heavy atom. The van der Waals surface area contributed by atoms with Crippen molar-refractivity contribution in [3.8, 4) is 0 Å². The number of hydrogen-bond donors (Lipinski definition) is 1. The smallest absolute Gasteiger partial charge is 0.309 e. The van der Waals surface area contributed by atoms with Crippen molar-refractivity contribution in [2.24, 2.45) is 5.92 Å². The summed E-state index contributed by atoms with van der Waals surface area (Å²) in [6.45, 7) is 9.61. The molecule has 1 saturated heterocycles. The molecule has 0 radical (unpaired) electrons. The van der Waals surface area contributed by atoms with Crippen molar-refractivity contribution in [1.82, 2.24) is 9.80 Å². The fraction of sp³-hybridized carbons (Fsp3) is 0.909. The largest absolute Gasteiger partial charge is 0.481 e. The van der Waals surface area contributed by atoms with E-state index in [1.54, 1.807) is 0 Å². The summed E-state index contributed by atoms with van der Waals surface area (Å²) < 4.78 is 0. The average Bonchev–Trinajstić information content (AvgIpc) is 2.25. The molecule has 0 aromatic carbocycles. The number of rotatable bonds is 1. The first kappa shape index (κ1) is 12.5. The molecule has 1 aliphatic heterocycles. The molecule has 0 saturated carbocycles. The molecule has 1 rings (SSSR count). The second kappa shape index (κ2) is 4.49. The van der Waals surface area contributed by atoms with Gasteiger partial charge in [-0.2, -0.15) is 0 Å². The third-order valence-electron chi connectivity index (χ3n) is 3.02. The SMILES string of the molecule is CN1CCN(C(C)(C)C)CC(C(=O)O)C1. The highest BCUT2D eigenvalue weighted by Crippen LogP contribution is 2.18. The van der Waals surface area contributed by atoms with Gasteiger partial charge in [-0.3, -0.25) is 9.69 Å². The van der Waals surface area contributed by atoms with Crippen LogP contribution < -0.4 is 0 Å². The van der Waals surface area contributed by atoms with E-state index in [0.717, 1.165) is 13.1 Å². The van der Waals surface area contributed by atoms with E-state index in [1.165, 1.54) is 0 Å². The number of likely N-dealkylation sites (N-methyl/N-ethyl adjacent to an activating group) is 1. The maximum atomic E-state index is 11.1. The maximum absolute atomic E-state index is 11.1. The molecule has 1 heterocycles. The molecular formula is C11H22N2O2. The Morgan fingerprint density at radius 3 is 2.33 bits per heavy atom. The van der Waals surface area contributed by atoms with Crippen LogP contribution in [0.1, 0.15) is 20.8 Å². The first-order valence-electron chi connectivity index (χ1n) is 5.47. The molecule has 0 spiro atoms. The molecule has 1 fully saturated rings. The predicted molar refractivity (Wildman–Crippen MR) is 59.9 cm³/mol. The van der Waals surface area contributed by atoms with Gasteiger partial charge in [-0.25, -0.2) is 0 Å². The van der Waals surface area contributed by atoms with Gasteiger partial charge in [0, 0.05) is 31.7 Å². The molecule has 1 N–H and O–H groups in total. The predicted octanol–water partition coefficient (Wildman–Crippen LogP) is 0.733. The van der Waals surface area contributed by atoms with E-state index in [4.69, 9.17) is 5.11 Å². The zero-order valence-electron chi connectivity index (χ0n) is 10.2. The van der Waals surface area contributed by atoms with E-state index < -0.39 is 5.97 Å². The number of carboxylic acids is 1. The Kier molecular flexibility index (Phi) is 3.73. The summed E-state index contributed by atoms with van der Waals surface area (Å²) in [7, 11) is 1.99. The summed E-state index contributed by atoms with van der Waals surface area (Å²) in [5.74, 6) is -0.949. The molecule has 1 atom stereocenters. The summed E-state index contributed by atoms with van der Waals surface area (Å²) in [6, 6.07) is 0. The molecular weight excluding hydrogens is 192 g/mol. The molecule has 88 valence electrons. The van der Waals surface area contributed by atoms with E-state index in [9.17, 15) is 4.79 Å². The Morgan fingerprint density at radius 1 is 1.27 bits per heavy atom. The second-order valence-corrected chi connectivity index (χ2v) is 5.41. The minimum absolute atomic E-state index is 0.0544. The lowest BCUT2D eigenvalue weighted by Gasteiger charge is -2.35. The molecule has 4 nitrogen and oxygen atoms in total. The van der Waals surface area contributed by atoms with Gasteiger partial charge in [0.15, 0.2) is 0 Å². The van der Waals surface area contributed by atoms with Crippen LogP contribution in [0.3, 0.4) is 0 Å². The van der Waals surface area contributed by atoms with E-state index in [2.05, 4.69) is 30.6 Å². The average molecular weight is 214 g/mol. The molecule has 0 aliphatic carbocycles. The summed E-state index contributed by atoms with van der Waals surface area (Å²) in [4.78, 5) is 15.4. The molecule has 0 amide bonds. The van der Waals surface area contributed by atoms with Crippen LogP contribution in [0.5, 0.6) is 0 Å². The van der Waals surface area contributed by atoms with E-state index >= 15 is 0 Å². The quantitative estimate of drug-likeness (QED) is 0.699. The molecule has 0 bridgehead atoms. The highest BCUT2D eigenvalue weighted by molar-refractivity contribution is 5.70. The van der Waals surface area contributed by atoms with Crippen molar-refractivity contribution >= 4 is 5.97 Å². The van der Waals surface area contributed by atoms with Crippen LogP contribution in [-0.2, 0) is 4.79 Å². The standard InChI is InChI=1S/C11H22N2O2/c1-11(2,3)13-6-5-12(4)7-9(8-13)10(14)15/h9H,5-8H2,1-4H3,(H,14,15). The van der Waals surface area contributed by atoms with Crippen LogP contribution in [0.2, 0.25) is 0 Å². The van der Waals surface area contributed by atoms with Crippen molar-refractivity contribution in [3.05, 3.63) is 0 Å². The highest BCUT2D eigenvalue weighted by atomic mass is 16.4. The summed E-state index contributed by atoms with van der Waals surface area (Å²) in [5.41, 5.74) is 0.0544. The third kappa shape index (κ3) is 3.47. The van der Waals surface area contributed by atoms with Gasteiger partial charge >= 0.3 is 5.97 Å². The van der Waals surface area contributed by atoms with Crippen LogP contribution in [0.4, 0.5) is 0 Å². The molecule has 15 heavy (non-hydrogen) atoms. The topological polar surface area (TPSA) is 43.8 Å². The molecule has 0 aromatic rings. The van der Waals surface area contributed by atoms with Gasteiger partial charge in [-0.15, -0.1) is 0 Å². The van der Waals surface area contributed by atoms with Gasteiger partial charge in [-0.1, -0.05) is 0 Å². The molecule has 1 unspecified atom stereocenters. The van der Waals surface area contributed by atoms with Gasteiger partial charge in [0.1, 0.15) is 0 Å². The zero-order chi connectivity index (χ0) is 11.6. The highest BCUT2D eigenvalue weighted by Gasteiger charge is 2.31. The van der Waals surface area contributed by atoms with Gasteiger partial charge < -0.3 is 10.0 Å². The minimum atomic E-state index is -0.682. The number of aliphatic carboxylic acids is 1. The van der Waals surface area contributed by atoms with Crippen molar-refractivity contribution < 1.29 is 9.90 Å². The molecule has 0 aromatic heterocycles. The Bertz CT molecular complexity index is 235. The minimum Gasteiger partial charge on any atom is -0.481 e. The number of nitrogens with zero attached hydrogens (tertiary/aromatic N) is 2. The van der Waals surface area contributed by atoms with Crippen molar-refractivity contribution in [2.75, 3.05) is 33.2 Å². The Balaban J connectivity index is 2.73. The lowest BCUT2D eigenvalue weighted by atomic mass is 10.0. The van der Waals surface area contributed by atoms with E-state index in [0.29, 0.717) is 13.1 Å². The maximum Gasteiger partial charge on any atom is 0.309 e. The lowest BCUT2D eigenvalue weighted by molar-refractivity contribution is -0.142. The summed E-state index contributed by atoms with van der Waals surface area (Å²) >= 11 is 0. The Hall–Kier alpha value is -0.610. The number of hydrogen-bond acceptors (Lipinski definition) is 3. The Labute approximate surface area is 91.9 Å². The van der Waals surface area contributed by atoms with E-state index in [-0.39, 0.29) is 11.5 Å². The van der Waals surface area contributed by atoms with Crippen molar-refractivity contribution in [2.45, 2.75) is 26.3 Å². The van der Waals surface area contributed by atoms with Gasteiger partial charge in [0.05, 0.1) is 5.92 Å². The van der Waals surface area contributed by atoms with Crippen LogP contribution >= 0.6 is 0 Å². The van der Waals surface area contributed by atoms with E-state index in [1.807, 2.05) is 7.05 Å². The monoisotopic (exact) mass is 214 g/mol. The first-order valence-corrected chi connectivity index (χ1v) is 5.47.